The van der Waals surface area contributed by atoms with Crippen LogP contribution in [0.2, 0.25) is 0 Å². The summed E-state index contributed by atoms with van der Waals surface area (Å²) in [5, 5.41) is 9.32. The van der Waals surface area contributed by atoms with Crippen molar-refractivity contribution in [3.05, 3.63) is 58.4 Å². The molecule has 3 aromatic heterocycles. The topological polar surface area (TPSA) is 76.6 Å². The molecule has 21 heavy (non-hydrogen) atoms. The molecule has 6 nitrogen and oxygen atoms in total. The van der Waals surface area contributed by atoms with Crippen LogP contribution in [-0.4, -0.2) is 25.0 Å². The van der Waals surface area contributed by atoms with E-state index >= 15 is 0 Å². The molecule has 0 saturated carbocycles. The van der Waals surface area contributed by atoms with Gasteiger partial charge in [0.25, 0.3) is 5.56 Å². The number of hydrogen-bond donors (Lipinski definition) is 1. The van der Waals surface area contributed by atoms with E-state index in [-0.39, 0.29) is 11.1 Å². The molecule has 0 saturated heterocycles. The highest BCUT2D eigenvalue weighted by molar-refractivity contribution is 5.95. The molecule has 0 unspecified atom stereocenters. The highest BCUT2D eigenvalue weighted by Gasteiger charge is 2.13. The summed E-state index contributed by atoms with van der Waals surface area (Å²) in [4.78, 5) is 27.2. The summed E-state index contributed by atoms with van der Waals surface area (Å²) >= 11 is 0. The number of hydrogen-bond acceptors (Lipinski definition) is 3. The quantitative estimate of drug-likeness (QED) is 0.776. The fourth-order valence-electron chi connectivity index (χ4n) is 2.38. The van der Waals surface area contributed by atoms with Crippen molar-refractivity contribution < 1.29 is 9.90 Å². The van der Waals surface area contributed by atoms with Gasteiger partial charge in [-0.25, -0.2) is 9.78 Å². The molecule has 0 aliphatic rings. The lowest BCUT2D eigenvalue weighted by molar-refractivity contribution is 0.0698. The number of nitrogens with zero attached hydrogens (tertiary/aromatic N) is 3. The lowest BCUT2D eigenvalue weighted by Crippen LogP contribution is -2.18. The SMILES string of the molecule is Cc1cc(-c2cc(C(=O)O)c3nccn3c2)cn(C)c1=O. The van der Waals surface area contributed by atoms with Gasteiger partial charge in [-0.15, -0.1) is 0 Å². The van der Waals surface area contributed by atoms with Crippen molar-refractivity contribution in [2.45, 2.75) is 6.92 Å². The van der Waals surface area contributed by atoms with Crippen molar-refractivity contribution in [2.24, 2.45) is 7.05 Å². The molecule has 3 aromatic rings. The molecular weight excluding hydrogens is 270 g/mol. The minimum atomic E-state index is -1.03. The molecule has 0 fully saturated rings. The summed E-state index contributed by atoms with van der Waals surface area (Å²) in [6.07, 6.45) is 6.74. The second-order valence-corrected chi connectivity index (χ2v) is 4.93. The zero-order valence-corrected chi connectivity index (χ0v) is 11.6. The lowest BCUT2D eigenvalue weighted by atomic mass is 10.1. The van der Waals surface area contributed by atoms with Crippen LogP contribution in [0.3, 0.4) is 0 Å². The Bertz CT molecular complexity index is 895. The van der Waals surface area contributed by atoms with E-state index in [4.69, 9.17) is 0 Å². The molecule has 1 N–H and O–H groups in total. The number of aromatic carboxylic acids is 1. The van der Waals surface area contributed by atoms with Crippen LogP contribution < -0.4 is 5.56 Å². The van der Waals surface area contributed by atoms with Crippen molar-refractivity contribution in [1.29, 1.82) is 0 Å². The van der Waals surface area contributed by atoms with Gasteiger partial charge in [0.1, 0.15) is 5.56 Å². The van der Waals surface area contributed by atoms with Gasteiger partial charge in [-0.05, 0) is 24.6 Å². The van der Waals surface area contributed by atoms with Gasteiger partial charge in [0.15, 0.2) is 5.65 Å². The second-order valence-electron chi connectivity index (χ2n) is 4.93. The average Bonchev–Trinajstić information content (AvgIpc) is 2.91. The van der Waals surface area contributed by atoms with E-state index < -0.39 is 5.97 Å². The van der Waals surface area contributed by atoms with Gasteiger partial charge in [0.05, 0.1) is 0 Å². The molecular formula is C15H13N3O3. The number of pyridine rings is 2. The Morgan fingerprint density at radius 2 is 1.95 bits per heavy atom. The molecule has 3 heterocycles. The molecule has 0 bridgehead atoms. The van der Waals surface area contributed by atoms with Crippen LogP contribution in [0.5, 0.6) is 0 Å². The normalized spacial score (nSPS) is 11.0. The maximum atomic E-state index is 11.8. The number of carboxylic acids is 1. The molecule has 0 aromatic carbocycles. The van der Waals surface area contributed by atoms with Crippen LogP contribution in [0.4, 0.5) is 0 Å². The number of aromatic nitrogens is 3. The van der Waals surface area contributed by atoms with E-state index in [1.807, 2.05) is 0 Å². The molecule has 0 radical (unpaired) electrons. The number of carbonyl (C=O) groups is 1. The summed E-state index contributed by atoms with van der Waals surface area (Å²) in [6, 6.07) is 3.33. The predicted octanol–water partition coefficient (Wildman–Crippen LogP) is 1.71. The minimum Gasteiger partial charge on any atom is -0.478 e. The molecule has 106 valence electrons. The van der Waals surface area contributed by atoms with Crippen LogP contribution in [-0.2, 0) is 7.05 Å². The zero-order chi connectivity index (χ0) is 15.1. The standard InChI is InChI=1S/C15H13N3O3/c1-9-5-10(7-17(2)14(9)19)11-6-12(15(20)21)13-16-3-4-18(13)8-11/h3-8H,1-2H3,(H,20,21). The zero-order valence-electron chi connectivity index (χ0n) is 11.6. The number of aryl methyl sites for hydroxylation is 2. The fourth-order valence-corrected chi connectivity index (χ4v) is 2.38. The van der Waals surface area contributed by atoms with Crippen molar-refractivity contribution in [3.63, 3.8) is 0 Å². The highest BCUT2D eigenvalue weighted by atomic mass is 16.4. The Kier molecular flexibility index (Phi) is 2.86. The van der Waals surface area contributed by atoms with Crippen LogP contribution in [0.15, 0.2) is 41.7 Å². The molecule has 0 atom stereocenters. The summed E-state index contributed by atoms with van der Waals surface area (Å²) in [5.74, 6) is -1.03. The molecule has 3 rings (SSSR count). The molecule has 6 heteroatoms. The maximum Gasteiger partial charge on any atom is 0.339 e. The van der Waals surface area contributed by atoms with Gasteiger partial charge in [0.2, 0.25) is 0 Å². The largest absolute Gasteiger partial charge is 0.478 e. The third-order valence-corrected chi connectivity index (χ3v) is 3.41. The first-order valence-electron chi connectivity index (χ1n) is 6.35. The van der Waals surface area contributed by atoms with Gasteiger partial charge in [-0.2, -0.15) is 0 Å². The Hall–Kier alpha value is -2.89. The number of fused-ring (bicyclic) bond motifs is 1. The number of rotatable bonds is 2. The van der Waals surface area contributed by atoms with Gasteiger partial charge in [-0.3, -0.25) is 4.79 Å². The van der Waals surface area contributed by atoms with E-state index in [2.05, 4.69) is 4.98 Å². The summed E-state index contributed by atoms with van der Waals surface area (Å²) in [7, 11) is 1.67. The second kappa shape index (κ2) is 4.59. The minimum absolute atomic E-state index is 0.0686. The van der Waals surface area contributed by atoms with Gasteiger partial charge in [0, 0.05) is 43.0 Å². The molecule has 0 aliphatic carbocycles. The summed E-state index contributed by atoms with van der Waals surface area (Å²) < 4.78 is 3.16. The highest BCUT2D eigenvalue weighted by Crippen LogP contribution is 2.22. The van der Waals surface area contributed by atoms with Crippen molar-refractivity contribution in [3.8, 4) is 11.1 Å². The van der Waals surface area contributed by atoms with Crippen molar-refractivity contribution in [1.82, 2.24) is 14.0 Å². The molecule has 0 amide bonds. The third-order valence-electron chi connectivity index (χ3n) is 3.41. The first kappa shape index (κ1) is 13.1. The molecule has 0 aliphatic heterocycles. The van der Waals surface area contributed by atoms with Crippen LogP contribution in [0, 0.1) is 6.92 Å². The van der Waals surface area contributed by atoms with Gasteiger partial charge < -0.3 is 14.1 Å². The van der Waals surface area contributed by atoms with Gasteiger partial charge >= 0.3 is 5.97 Å². The first-order valence-corrected chi connectivity index (χ1v) is 6.35. The summed E-state index contributed by atoms with van der Waals surface area (Å²) in [6.45, 7) is 1.74. The Labute approximate surface area is 119 Å². The van der Waals surface area contributed by atoms with Crippen LogP contribution >= 0.6 is 0 Å². The lowest BCUT2D eigenvalue weighted by Gasteiger charge is -2.08. The monoisotopic (exact) mass is 283 g/mol. The third kappa shape index (κ3) is 2.10. The van der Waals surface area contributed by atoms with Crippen molar-refractivity contribution >= 4 is 11.6 Å². The number of imidazole rings is 1. The Balaban J connectivity index is 2.30. The van der Waals surface area contributed by atoms with E-state index in [0.717, 1.165) is 11.1 Å². The Morgan fingerprint density at radius 3 is 2.62 bits per heavy atom. The van der Waals surface area contributed by atoms with E-state index in [9.17, 15) is 14.7 Å². The van der Waals surface area contributed by atoms with E-state index in [0.29, 0.717) is 11.2 Å². The van der Waals surface area contributed by atoms with E-state index in [1.54, 1.807) is 55.3 Å². The fraction of sp³-hybridized carbons (Fsp3) is 0.133. The smallest absolute Gasteiger partial charge is 0.339 e. The number of carboxylic acid groups (broad SMARTS) is 1. The summed E-state index contributed by atoms with van der Waals surface area (Å²) in [5.41, 5.74) is 2.57. The van der Waals surface area contributed by atoms with Crippen molar-refractivity contribution in [2.75, 3.05) is 0 Å². The average molecular weight is 283 g/mol. The maximum absolute atomic E-state index is 11.8. The van der Waals surface area contributed by atoms with E-state index in [1.165, 1.54) is 4.57 Å². The predicted molar refractivity (Wildman–Crippen MR) is 77.6 cm³/mol. The first-order chi connectivity index (χ1) is 9.97. The van der Waals surface area contributed by atoms with Crippen LogP contribution in [0.1, 0.15) is 15.9 Å². The van der Waals surface area contributed by atoms with Crippen LogP contribution in [0.25, 0.3) is 16.8 Å². The van der Waals surface area contributed by atoms with Gasteiger partial charge in [-0.1, -0.05) is 0 Å². The molecule has 0 spiro atoms. The Morgan fingerprint density at radius 1 is 1.24 bits per heavy atom.